The van der Waals surface area contributed by atoms with E-state index in [-0.39, 0.29) is 5.97 Å². The Hall–Kier alpha value is -1.55. The van der Waals surface area contributed by atoms with E-state index in [9.17, 15) is 4.79 Å². The molecule has 1 atom stereocenters. The van der Waals surface area contributed by atoms with Gasteiger partial charge in [0.1, 0.15) is 5.75 Å². The molecule has 0 radical (unpaired) electrons. The van der Waals surface area contributed by atoms with Gasteiger partial charge in [-0.2, -0.15) is 0 Å². The van der Waals surface area contributed by atoms with Gasteiger partial charge in [0, 0.05) is 12.1 Å². The topological polar surface area (TPSA) is 47.6 Å². The summed E-state index contributed by atoms with van der Waals surface area (Å²) in [4.78, 5) is 11.5. The van der Waals surface area contributed by atoms with Gasteiger partial charge < -0.3 is 14.8 Å². The van der Waals surface area contributed by atoms with E-state index in [1.807, 2.05) is 32.2 Å². The van der Waals surface area contributed by atoms with Crippen LogP contribution in [0.5, 0.6) is 5.75 Å². The fraction of sp³-hybridized carbons (Fsp3) is 0.500. The van der Waals surface area contributed by atoms with E-state index in [0.717, 1.165) is 16.9 Å². The smallest absolute Gasteiger partial charge is 0.347 e. The Labute approximate surface area is 108 Å². The lowest BCUT2D eigenvalue weighted by molar-refractivity contribution is -0.150. The molecule has 1 N–H and O–H groups in total. The van der Waals surface area contributed by atoms with Gasteiger partial charge in [0.2, 0.25) is 0 Å². The summed E-state index contributed by atoms with van der Waals surface area (Å²) >= 11 is 0. The molecule has 0 saturated heterocycles. The highest BCUT2D eigenvalue weighted by Gasteiger charge is 2.17. The van der Waals surface area contributed by atoms with Crippen molar-refractivity contribution in [1.82, 2.24) is 5.32 Å². The maximum Gasteiger partial charge on any atom is 0.347 e. The number of rotatable bonds is 6. The third-order valence-electron chi connectivity index (χ3n) is 2.51. The molecule has 4 heteroatoms. The average molecular weight is 251 g/mol. The predicted octanol–water partition coefficient (Wildman–Crippen LogP) is 2.04. The zero-order valence-corrected chi connectivity index (χ0v) is 11.4. The Morgan fingerprint density at radius 3 is 2.78 bits per heavy atom. The molecular weight excluding hydrogens is 230 g/mol. The van der Waals surface area contributed by atoms with Gasteiger partial charge in [-0.15, -0.1) is 0 Å². The first-order valence-corrected chi connectivity index (χ1v) is 6.16. The third-order valence-corrected chi connectivity index (χ3v) is 2.51. The van der Waals surface area contributed by atoms with Gasteiger partial charge in [-0.1, -0.05) is 17.7 Å². The molecule has 0 spiro atoms. The van der Waals surface area contributed by atoms with Crippen molar-refractivity contribution < 1.29 is 14.3 Å². The fourth-order valence-electron chi connectivity index (χ4n) is 1.65. The van der Waals surface area contributed by atoms with E-state index in [2.05, 4.69) is 5.32 Å². The van der Waals surface area contributed by atoms with Crippen LogP contribution in [0, 0.1) is 6.92 Å². The number of nitrogens with one attached hydrogen (secondary N) is 1. The molecule has 4 nitrogen and oxygen atoms in total. The van der Waals surface area contributed by atoms with Gasteiger partial charge in [-0.25, -0.2) is 4.79 Å². The Bertz CT molecular complexity index is 404. The van der Waals surface area contributed by atoms with E-state index in [0.29, 0.717) is 13.2 Å². The van der Waals surface area contributed by atoms with Gasteiger partial charge in [0.05, 0.1) is 6.61 Å². The number of esters is 1. The van der Waals surface area contributed by atoms with E-state index in [1.165, 1.54) is 0 Å². The van der Waals surface area contributed by atoms with Crippen LogP contribution in [-0.2, 0) is 16.1 Å². The summed E-state index contributed by atoms with van der Waals surface area (Å²) in [7, 11) is 1.88. The van der Waals surface area contributed by atoms with E-state index in [4.69, 9.17) is 9.47 Å². The average Bonchev–Trinajstić information content (AvgIpc) is 2.33. The summed E-state index contributed by atoms with van der Waals surface area (Å²) in [6.45, 7) is 6.57. The SMILES string of the molecule is CCOC(=O)C(C)Oc1ccc(C)cc1CNC. The Morgan fingerprint density at radius 2 is 2.17 bits per heavy atom. The summed E-state index contributed by atoms with van der Waals surface area (Å²) in [5.74, 6) is 0.379. The van der Waals surface area contributed by atoms with Gasteiger partial charge >= 0.3 is 5.97 Å². The molecule has 0 aliphatic heterocycles. The number of benzene rings is 1. The number of carbonyl (C=O) groups excluding carboxylic acids is 1. The number of hydrogen-bond donors (Lipinski definition) is 1. The highest BCUT2D eigenvalue weighted by molar-refractivity contribution is 5.74. The highest BCUT2D eigenvalue weighted by Crippen LogP contribution is 2.21. The minimum absolute atomic E-state index is 0.339. The second-order valence-electron chi connectivity index (χ2n) is 4.15. The minimum Gasteiger partial charge on any atom is -0.479 e. The molecular formula is C14H21NO3. The van der Waals surface area contributed by atoms with Crippen molar-refractivity contribution in [2.75, 3.05) is 13.7 Å². The molecule has 100 valence electrons. The molecule has 0 heterocycles. The second kappa shape index (κ2) is 7.01. The van der Waals surface area contributed by atoms with Crippen molar-refractivity contribution >= 4 is 5.97 Å². The van der Waals surface area contributed by atoms with E-state index < -0.39 is 6.10 Å². The van der Waals surface area contributed by atoms with Crippen molar-refractivity contribution in [3.05, 3.63) is 29.3 Å². The Kier molecular flexibility index (Phi) is 5.65. The largest absolute Gasteiger partial charge is 0.479 e. The van der Waals surface area contributed by atoms with Gasteiger partial charge in [-0.05, 0) is 33.9 Å². The van der Waals surface area contributed by atoms with Crippen LogP contribution < -0.4 is 10.1 Å². The molecule has 18 heavy (non-hydrogen) atoms. The Balaban J connectivity index is 2.79. The molecule has 0 aromatic heterocycles. The van der Waals surface area contributed by atoms with E-state index in [1.54, 1.807) is 13.8 Å². The summed E-state index contributed by atoms with van der Waals surface area (Å²) in [6, 6.07) is 5.90. The lowest BCUT2D eigenvalue weighted by Gasteiger charge is -2.16. The number of ether oxygens (including phenoxy) is 2. The molecule has 0 bridgehead atoms. The van der Waals surface area contributed by atoms with Crippen LogP contribution in [0.25, 0.3) is 0 Å². The van der Waals surface area contributed by atoms with Crippen LogP contribution in [0.4, 0.5) is 0 Å². The predicted molar refractivity (Wildman–Crippen MR) is 70.7 cm³/mol. The summed E-state index contributed by atoms with van der Waals surface area (Å²) in [6.07, 6.45) is -0.594. The second-order valence-corrected chi connectivity index (χ2v) is 4.15. The first-order chi connectivity index (χ1) is 8.58. The van der Waals surface area contributed by atoms with Crippen LogP contribution in [0.1, 0.15) is 25.0 Å². The molecule has 0 aliphatic rings. The van der Waals surface area contributed by atoms with Gasteiger partial charge in [0.15, 0.2) is 6.10 Å². The zero-order valence-electron chi connectivity index (χ0n) is 11.4. The van der Waals surface area contributed by atoms with Crippen LogP contribution >= 0.6 is 0 Å². The number of aryl methyl sites for hydroxylation is 1. The zero-order chi connectivity index (χ0) is 13.5. The van der Waals surface area contributed by atoms with Crippen molar-refractivity contribution in [3.8, 4) is 5.75 Å². The molecule has 1 rings (SSSR count). The third kappa shape index (κ3) is 4.04. The molecule has 0 saturated carbocycles. The standard InChI is InChI=1S/C14H21NO3/c1-5-17-14(16)11(3)18-13-7-6-10(2)8-12(13)9-15-4/h6-8,11,15H,5,9H2,1-4H3. The van der Waals surface area contributed by atoms with E-state index >= 15 is 0 Å². The van der Waals surface area contributed by atoms with Crippen molar-refractivity contribution in [2.24, 2.45) is 0 Å². The van der Waals surface area contributed by atoms with Crippen LogP contribution in [-0.4, -0.2) is 25.7 Å². The van der Waals surface area contributed by atoms with Gasteiger partial charge in [0.25, 0.3) is 0 Å². The Morgan fingerprint density at radius 1 is 1.44 bits per heavy atom. The molecule has 0 amide bonds. The van der Waals surface area contributed by atoms with Crippen molar-refractivity contribution in [3.63, 3.8) is 0 Å². The highest BCUT2D eigenvalue weighted by atomic mass is 16.6. The normalized spacial score (nSPS) is 12.0. The van der Waals surface area contributed by atoms with Crippen molar-refractivity contribution in [1.29, 1.82) is 0 Å². The quantitative estimate of drug-likeness (QED) is 0.786. The summed E-state index contributed by atoms with van der Waals surface area (Å²) in [5.41, 5.74) is 2.20. The van der Waals surface area contributed by atoms with Crippen LogP contribution in [0.15, 0.2) is 18.2 Å². The number of hydrogen-bond acceptors (Lipinski definition) is 4. The molecule has 0 fully saturated rings. The number of carbonyl (C=O) groups is 1. The van der Waals surface area contributed by atoms with Crippen molar-refractivity contribution in [2.45, 2.75) is 33.4 Å². The monoisotopic (exact) mass is 251 g/mol. The fourth-order valence-corrected chi connectivity index (χ4v) is 1.65. The summed E-state index contributed by atoms with van der Waals surface area (Å²) < 4.78 is 10.6. The summed E-state index contributed by atoms with van der Waals surface area (Å²) in [5, 5.41) is 3.08. The minimum atomic E-state index is -0.594. The molecule has 1 aromatic rings. The van der Waals surface area contributed by atoms with Crippen LogP contribution in [0.3, 0.4) is 0 Å². The molecule has 1 aromatic carbocycles. The maximum absolute atomic E-state index is 11.5. The first-order valence-electron chi connectivity index (χ1n) is 6.16. The molecule has 0 aliphatic carbocycles. The van der Waals surface area contributed by atoms with Crippen LogP contribution in [0.2, 0.25) is 0 Å². The first kappa shape index (κ1) is 14.5. The maximum atomic E-state index is 11.5. The lowest BCUT2D eigenvalue weighted by Crippen LogP contribution is -2.26. The van der Waals surface area contributed by atoms with Gasteiger partial charge in [-0.3, -0.25) is 0 Å². The molecule has 1 unspecified atom stereocenters. The lowest BCUT2D eigenvalue weighted by atomic mass is 10.1.